The molecule has 8 heteroatoms. The van der Waals surface area contributed by atoms with Crippen molar-refractivity contribution in [2.75, 3.05) is 26.3 Å². The molecule has 0 radical (unpaired) electrons. The van der Waals surface area contributed by atoms with E-state index in [2.05, 4.69) is 13.2 Å². The molecule has 3 heterocycles. The molecular weight excluding hydrogens is 368 g/mol. The zero-order chi connectivity index (χ0) is 19.6. The molecule has 0 bridgehead atoms. The van der Waals surface area contributed by atoms with Crippen LogP contribution in [0.1, 0.15) is 19.8 Å². The monoisotopic (exact) mass is 394 g/mol. The quantitative estimate of drug-likeness (QED) is 0.697. The predicted molar refractivity (Wildman–Crippen MR) is 103 cm³/mol. The summed E-state index contributed by atoms with van der Waals surface area (Å²) in [6.45, 7) is 12.1. The van der Waals surface area contributed by atoms with Gasteiger partial charge in [0.15, 0.2) is 0 Å². The van der Waals surface area contributed by atoms with Crippen LogP contribution in [0.2, 0.25) is 0 Å². The first-order valence-corrected chi connectivity index (χ1v) is 10.1. The molecule has 2 unspecified atom stereocenters. The van der Waals surface area contributed by atoms with Gasteiger partial charge >= 0.3 is 0 Å². The average Bonchev–Trinajstić information content (AvgIpc) is 2.53. The molecule has 1 spiro atoms. The molecule has 0 aliphatic carbocycles. The fourth-order valence-corrected chi connectivity index (χ4v) is 4.50. The zero-order valence-corrected chi connectivity index (χ0v) is 16.3. The van der Waals surface area contributed by atoms with Gasteiger partial charge in [-0.1, -0.05) is 25.3 Å². The van der Waals surface area contributed by atoms with Crippen LogP contribution in [-0.4, -0.2) is 62.3 Å². The number of ether oxygens (including phenoxy) is 2. The Bertz CT molecular complexity index is 705. The average molecular weight is 394 g/mol. The summed E-state index contributed by atoms with van der Waals surface area (Å²) in [6.07, 6.45) is 6.77. The summed E-state index contributed by atoms with van der Waals surface area (Å²) in [5.41, 5.74) is 0.662. The SMILES string of the molecule is C=C/C=C1/OC(CCC(=O)N2CC3(COC3)C2)[C@@H](C)N(S(=O)O)/C1=C/C=C. The molecule has 1 amide bonds. The van der Waals surface area contributed by atoms with Crippen LogP contribution in [0.25, 0.3) is 0 Å². The summed E-state index contributed by atoms with van der Waals surface area (Å²) in [7, 11) is 0. The van der Waals surface area contributed by atoms with Crippen LogP contribution in [-0.2, 0) is 25.5 Å². The maximum Gasteiger partial charge on any atom is 0.262 e. The second-order valence-corrected chi connectivity index (χ2v) is 8.14. The van der Waals surface area contributed by atoms with Crippen molar-refractivity contribution in [2.45, 2.75) is 31.9 Å². The van der Waals surface area contributed by atoms with Crippen molar-refractivity contribution < 1.29 is 23.0 Å². The van der Waals surface area contributed by atoms with Gasteiger partial charge in [0.25, 0.3) is 11.3 Å². The van der Waals surface area contributed by atoms with Gasteiger partial charge in [0, 0.05) is 19.5 Å². The fraction of sp³-hybridized carbons (Fsp3) is 0.526. The molecule has 0 aromatic carbocycles. The number of amides is 1. The summed E-state index contributed by atoms with van der Waals surface area (Å²) in [5.74, 6) is 0.527. The normalized spacial score (nSPS) is 30.4. The Hall–Kier alpha value is -1.90. The Kier molecular flexibility index (Phi) is 5.88. The number of carbonyl (C=O) groups is 1. The lowest BCUT2D eigenvalue weighted by Gasteiger charge is -2.55. The molecular formula is C19H26N2O5S. The first-order valence-electron chi connectivity index (χ1n) is 8.99. The third kappa shape index (κ3) is 3.88. The van der Waals surface area contributed by atoms with E-state index < -0.39 is 11.3 Å². The van der Waals surface area contributed by atoms with E-state index in [9.17, 15) is 13.6 Å². The molecule has 3 fully saturated rings. The molecule has 148 valence electrons. The van der Waals surface area contributed by atoms with Crippen LogP contribution in [0.3, 0.4) is 0 Å². The lowest BCUT2D eigenvalue weighted by molar-refractivity contribution is -0.195. The molecule has 7 nitrogen and oxygen atoms in total. The van der Waals surface area contributed by atoms with Crippen LogP contribution < -0.4 is 0 Å². The molecule has 3 atom stereocenters. The van der Waals surface area contributed by atoms with E-state index in [-0.39, 0.29) is 23.5 Å². The Labute approximate surface area is 162 Å². The van der Waals surface area contributed by atoms with Crippen LogP contribution in [0.15, 0.2) is 48.9 Å². The highest BCUT2D eigenvalue weighted by Crippen LogP contribution is 2.38. The Morgan fingerprint density at radius 1 is 1.33 bits per heavy atom. The highest BCUT2D eigenvalue weighted by molar-refractivity contribution is 7.76. The molecule has 3 saturated heterocycles. The Balaban J connectivity index is 1.65. The fourth-order valence-electron chi connectivity index (χ4n) is 3.76. The number of hydrogen-bond acceptors (Lipinski definition) is 4. The van der Waals surface area contributed by atoms with E-state index in [1.165, 1.54) is 10.4 Å². The second kappa shape index (κ2) is 8.00. The minimum atomic E-state index is -2.22. The van der Waals surface area contributed by atoms with Gasteiger partial charge < -0.3 is 14.4 Å². The molecule has 1 N–H and O–H groups in total. The van der Waals surface area contributed by atoms with Gasteiger partial charge in [0.05, 0.1) is 30.4 Å². The molecule has 0 saturated carbocycles. The van der Waals surface area contributed by atoms with E-state index in [4.69, 9.17) is 9.47 Å². The van der Waals surface area contributed by atoms with Gasteiger partial charge in [-0.05, 0) is 25.5 Å². The molecule has 3 rings (SSSR count). The van der Waals surface area contributed by atoms with E-state index >= 15 is 0 Å². The largest absolute Gasteiger partial charge is 0.486 e. The third-order valence-electron chi connectivity index (χ3n) is 5.25. The number of nitrogens with zero attached hydrogens (tertiary/aromatic N) is 2. The second-order valence-electron chi connectivity index (χ2n) is 7.29. The zero-order valence-electron chi connectivity index (χ0n) is 15.5. The van der Waals surface area contributed by atoms with E-state index in [1.54, 1.807) is 18.2 Å². The van der Waals surface area contributed by atoms with Crippen molar-refractivity contribution in [3.05, 3.63) is 48.9 Å². The standard InChI is InChI=1S/C19H26N2O5S/c1-4-6-15-17(7-5-2)26-16(14(3)21(15)27(23)24)8-9-18(22)20-10-19(11-20)12-25-13-19/h4-7,14,16H,1-2,8-13H2,3H3,(H,23,24)/b15-6+,17-7+/t14-,16?/m1/s1. The van der Waals surface area contributed by atoms with E-state index in [0.29, 0.717) is 24.3 Å². The first-order chi connectivity index (χ1) is 12.9. The maximum absolute atomic E-state index is 12.4. The molecule has 0 aromatic rings. The summed E-state index contributed by atoms with van der Waals surface area (Å²) in [6, 6.07) is -0.375. The molecule has 0 aromatic heterocycles. The highest BCUT2D eigenvalue weighted by atomic mass is 32.2. The Morgan fingerprint density at radius 3 is 2.52 bits per heavy atom. The third-order valence-corrected chi connectivity index (χ3v) is 6.12. The first kappa shape index (κ1) is 19.9. The topological polar surface area (TPSA) is 79.3 Å². The van der Waals surface area contributed by atoms with Crippen LogP contribution >= 0.6 is 0 Å². The maximum atomic E-state index is 12.4. The van der Waals surface area contributed by atoms with Gasteiger partial charge in [-0.15, -0.1) is 0 Å². The minimum Gasteiger partial charge on any atom is -0.486 e. The van der Waals surface area contributed by atoms with Gasteiger partial charge in [-0.25, -0.2) is 4.21 Å². The number of morpholine rings is 1. The van der Waals surface area contributed by atoms with Gasteiger partial charge in [-0.3, -0.25) is 13.7 Å². The lowest BCUT2D eigenvalue weighted by Crippen LogP contribution is -2.67. The van der Waals surface area contributed by atoms with Crippen LogP contribution in [0.4, 0.5) is 0 Å². The van der Waals surface area contributed by atoms with Crippen molar-refractivity contribution in [3.63, 3.8) is 0 Å². The number of likely N-dealkylation sites (tertiary alicyclic amines) is 1. The van der Waals surface area contributed by atoms with Crippen molar-refractivity contribution in [1.29, 1.82) is 0 Å². The summed E-state index contributed by atoms with van der Waals surface area (Å²) in [5, 5.41) is 0. The van der Waals surface area contributed by atoms with Gasteiger partial charge in [-0.2, -0.15) is 0 Å². The van der Waals surface area contributed by atoms with Crippen molar-refractivity contribution in [3.8, 4) is 0 Å². The lowest BCUT2D eigenvalue weighted by atomic mass is 9.78. The van der Waals surface area contributed by atoms with Crippen molar-refractivity contribution >= 4 is 17.2 Å². The summed E-state index contributed by atoms with van der Waals surface area (Å²) >= 11 is -2.22. The van der Waals surface area contributed by atoms with Crippen molar-refractivity contribution in [2.24, 2.45) is 5.41 Å². The Morgan fingerprint density at radius 2 is 2.00 bits per heavy atom. The highest BCUT2D eigenvalue weighted by Gasteiger charge is 2.50. The number of allylic oxidation sites excluding steroid dienone is 4. The molecule has 27 heavy (non-hydrogen) atoms. The molecule has 3 aliphatic rings. The van der Waals surface area contributed by atoms with E-state index in [0.717, 1.165) is 26.3 Å². The predicted octanol–water partition coefficient (Wildman–Crippen LogP) is 1.99. The minimum absolute atomic E-state index is 0.0849. The van der Waals surface area contributed by atoms with Gasteiger partial charge in [0.1, 0.15) is 11.9 Å². The summed E-state index contributed by atoms with van der Waals surface area (Å²) < 4.78 is 34.3. The van der Waals surface area contributed by atoms with Crippen LogP contribution in [0, 0.1) is 5.41 Å². The van der Waals surface area contributed by atoms with Gasteiger partial charge in [0.2, 0.25) is 5.91 Å². The smallest absolute Gasteiger partial charge is 0.262 e. The number of rotatable bonds is 6. The summed E-state index contributed by atoms with van der Waals surface area (Å²) in [4.78, 5) is 14.3. The van der Waals surface area contributed by atoms with Crippen molar-refractivity contribution in [1.82, 2.24) is 9.21 Å². The van der Waals surface area contributed by atoms with Crippen LogP contribution in [0.5, 0.6) is 0 Å². The number of hydrogen-bond donors (Lipinski definition) is 1. The molecule has 3 aliphatic heterocycles. The van der Waals surface area contributed by atoms with E-state index in [1.807, 2.05) is 11.8 Å². The number of carbonyl (C=O) groups excluding carboxylic acids is 1.